The number of hydrogen-bond donors (Lipinski definition) is 3. The maximum absolute atomic E-state index is 13.3. The number of β-amino-alcohol motifs (C(OH)–C–C–N with tert-alkyl or cyclic N) is 1. The molecule has 208 valence electrons. The summed E-state index contributed by atoms with van der Waals surface area (Å²) in [5, 5.41) is 23.5. The summed E-state index contributed by atoms with van der Waals surface area (Å²) in [5.74, 6) is 0.576. The number of halogens is 3. The van der Waals surface area contributed by atoms with Gasteiger partial charge >= 0.3 is 6.18 Å². The van der Waals surface area contributed by atoms with Crippen LogP contribution >= 0.6 is 0 Å². The fraction of sp³-hybridized carbons (Fsp3) is 0.269. The molecule has 4 heterocycles. The van der Waals surface area contributed by atoms with E-state index in [4.69, 9.17) is 4.74 Å². The SMILES string of the molecule is COc1c(-c2ccc(S(=O)(=O)N3CC[C@@H](Nc4ccc(C(F)(F)F)cn4)[C@@H](O)C3)cc2)cnc2[nH]cc(C#N)c12. The predicted octanol–water partition coefficient (Wildman–Crippen LogP) is 3.76. The molecular formula is C26H23F3N6O4S. The molecule has 1 fully saturated rings. The van der Waals surface area contributed by atoms with Crippen LogP contribution in [0.3, 0.4) is 0 Å². The summed E-state index contributed by atoms with van der Waals surface area (Å²) in [4.78, 5) is 11.0. The van der Waals surface area contributed by atoms with Crippen LogP contribution < -0.4 is 10.1 Å². The first-order chi connectivity index (χ1) is 19.0. The van der Waals surface area contributed by atoms with Crippen LogP contribution in [0.15, 0.2) is 59.9 Å². The van der Waals surface area contributed by atoms with Gasteiger partial charge in [-0.25, -0.2) is 18.4 Å². The van der Waals surface area contributed by atoms with Crippen LogP contribution in [-0.4, -0.2) is 65.1 Å². The monoisotopic (exact) mass is 572 g/mol. The Hall–Kier alpha value is -4.19. The van der Waals surface area contributed by atoms with Crippen LogP contribution in [0.2, 0.25) is 0 Å². The average molecular weight is 573 g/mol. The minimum Gasteiger partial charge on any atom is -0.495 e. The molecule has 3 aromatic heterocycles. The highest BCUT2D eigenvalue weighted by Crippen LogP contribution is 2.37. The number of sulfonamides is 1. The number of piperidine rings is 1. The zero-order valence-electron chi connectivity index (χ0n) is 21.0. The number of pyridine rings is 2. The van der Waals surface area contributed by atoms with Crippen molar-refractivity contribution in [1.82, 2.24) is 19.3 Å². The first-order valence-electron chi connectivity index (χ1n) is 12.1. The fourth-order valence-electron chi connectivity index (χ4n) is 4.65. The van der Waals surface area contributed by atoms with Gasteiger partial charge in [0.15, 0.2) is 0 Å². The molecule has 1 aliphatic heterocycles. The number of aromatic amines is 1. The summed E-state index contributed by atoms with van der Waals surface area (Å²) in [5.41, 5.74) is 1.17. The molecule has 0 spiro atoms. The normalized spacial score (nSPS) is 18.4. The van der Waals surface area contributed by atoms with Crippen molar-refractivity contribution in [2.24, 2.45) is 0 Å². The second kappa shape index (κ2) is 10.4. The Labute approximate surface area is 227 Å². The number of alkyl halides is 3. The second-order valence-electron chi connectivity index (χ2n) is 9.17. The van der Waals surface area contributed by atoms with Gasteiger partial charge in [-0.3, -0.25) is 0 Å². The van der Waals surface area contributed by atoms with E-state index in [-0.39, 0.29) is 30.2 Å². The van der Waals surface area contributed by atoms with Crippen LogP contribution in [0.1, 0.15) is 17.5 Å². The fourth-order valence-corrected chi connectivity index (χ4v) is 6.13. The Morgan fingerprint density at radius 3 is 2.52 bits per heavy atom. The van der Waals surface area contributed by atoms with Crippen molar-refractivity contribution in [2.45, 2.75) is 29.6 Å². The van der Waals surface area contributed by atoms with Crippen molar-refractivity contribution in [1.29, 1.82) is 5.26 Å². The van der Waals surface area contributed by atoms with Gasteiger partial charge in [-0.2, -0.15) is 22.7 Å². The lowest BCUT2D eigenvalue weighted by atomic mass is 10.0. The number of nitrogens with zero attached hydrogens (tertiary/aromatic N) is 4. The van der Waals surface area contributed by atoms with Crippen molar-refractivity contribution in [3.63, 3.8) is 0 Å². The number of ether oxygens (including phenoxy) is 1. The predicted molar refractivity (Wildman–Crippen MR) is 139 cm³/mol. The number of nitrogens with one attached hydrogen (secondary N) is 2. The Morgan fingerprint density at radius 2 is 1.93 bits per heavy atom. The van der Waals surface area contributed by atoms with E-state index in [9.17, 15) is 32.0 Å². The molecule has 2 atom stereocenters. The topological polar surface area (TPSA) is 144 Å². The smallest absolute Gasteiger partial charge is 0.417 e. The van der Waals surface area contributed by atoms with E-state index in [1.165, 1.54) is 31.5 Å². The van der Waals surface area contributed by atoms with Crippen LogP contribution in [0.5, 0.6) is 5.75 Å². The summed E-state index contributed by atoms with van der Waals surface area (Å²) in [7, 11) is -2.48. The maximum Gasteiger partial charge on any atom is 0.417 e. The number of aromatic nitrogens is 3. The summed E-state index contributed by atoms with van der Waals surface area (Å²) >= 11 is 0. The van der Waals surface area contributed by atoms with Crippen molar-refractivity contribution >= 4 is 26.9 Å². The number of aliphatic hydroxyl groups is 1. The summed E-state index contributed by atoms with van der Waals surface area (Å²) in [6.45, 7) is -0.125. The van der Waals surface area contributed by atoms with E-state index in [0.717, 1.165) is 10.4 Å². The standard InChI is InChI=1S/C26H23F3N6O4S/c1-39-24-19(13-33-25-23(24)16(10-30)11-32-25)15-2-5-18(6-3-15)40(37,38)35-9-8-20(21(36)14-35)34-22-7-4-17(12-31-22)26(27,28)29/h2-7,11-13,20-21,36H,8-9,14H2,1H3,(H,31,34)(H,32,33)/t20-,21+/m1/s1. The highest BCUT2D eigenvalue weighted by molar-refractivity contribution is 7.89. The number of H-pyrrole nitrogens is 1. The molecule has 0 bridgehead atoms. The number of aliphatic hydroxyl groups excluding tert-OH is 1. The Kier molecular flexibility index (Phi) is 7.13. The molecule has 0 unspecified atom stereocenters. The quantitative estimate of drug-likeness (QED) is 0.317. The first-order valence-corrected chi connectivity index (χ1v) is 13.5. The molecule has 10 nitrogen and oxygen atoms in total. The van der Waals surface area contributed by atoms with Gasteiger partial charge in [-0.05, 0) is 36.2 Å². The van der Waals surface area contributed by atoms with Crippen LogP contribution in [0.25, 0.3) is 22.2 Å². The van der Waals surface area contributed by atoms with Crippen LogP contribution in [0.4, 0.5) is 19.0 Å². The van der Waals surface area contributed by atoms with Crippen molar-refractivity contribution < 1.29 is 31.4 Å². The first kappa shape index (κ1) is 27.4. The molecule has 0 amide bonds. The summed E-state index contributed by atoms with van der Waals surface area (Å²) < 4.78 is 71.7. The zero-order chi connectivity index (χ0) is 28.7. The number of hydrogen-bond acceptors (Lipinski definition) is 8. The minimum absolute atomic E-state index is 0.0200. The summed E-state index contributed by atoms with van der Waals surface area (Å²) in [6, 6.07) is 9.65. The average Bonchev–Trinajstić information content (AvgIpc) is 3.37. The van der Waals surface area contributed by atoms with Crippen LogP contribution in [-0.2, 0) is 16.2 Å². The van der Waals surface area contributed by atoms with Gasteiger partial charge in [0.25, 0.3) is 0 Å². The molecule has 0 aliphatic carbocycles. The van der Waals surface area contributed by atoms with Crippen molar-refractivity contribution in [2.75, 3.05) is 25.5 Å². The van der Waals surface area contributed by atoms with E-state index in [1.807, 2.05) is 0 Å². The largest absolute Gasteiger partial charge is 0.495 e. The van der Waals surface area contributed by atoms with Gasteiger partial charge in [-0.1, -0.05) is 12.1 Å². The second-order valence-corrected chi connectivity index (χ2v) is 11.1. The lowest BCUT2D eigenvalue weighted by Gasteiger charge is -2.35. The summed E-state index contributed by atoms with van der Waals surface area (Å²) in [6.07, 6.45) is -1.62. The van der Waals surface area contributed by atoms with Gasteiger partial charge in [0.2, 0.25) is 10.0 Å². The highest BCUT2D eigenvalue weighted by Gasteiger charge is 2.35. The molecular weight excluding hydrogens is 549 g/mol. The molecule has 1 aromatic carbocycles. The van der Waals surface area contributed by atoms with E-state index >= 15 is 0 Å². The Morgan fingerprint density at radius 1 is 1.18 bits per heavy atom. The van der Waals surface area contributed by atoms with Gasteiger partial charge in [0.1, 0.15) is 23.3 Å². The van der Waals surface area contributed by atoms with Gasteiger partial charge in [-0.15, -0.1) is 0 Å². The molecule has 14 heteroatoms. The lowest BCUT2D eigenvalue weighted by Crippen LogP contribution is -2.51. The molecule has 1 aliphatic rings. The van der Waals surface area contributed by atoms with Gasteiger partial charge < -0.3 is 20.1 Å². The number of nitriles is 1. The number of fused-ring (bicyclic) bond motifs is 1. The molecule has 0 saturated carbocycles. The molecule has 1 saturated heterocycles. The maximum atomic E-state index is 13.3. The molecule has 3 N–H and O–H groups in total. The van der Waals surface area contributed by atoms with Crippen LogP contribution in [0, 0.1) is 11.3 Å². The third-order valence-electron chi connectivity index (χ3n) is 6.75. The van der Waals surface area contributed by atoms with E-state index in [2.05, 4.69) is 26.3 Å². The van der Waals surface area contributed by atoms with E-state index in [0.29, 0.717) is 39.7 Å². The van der Waals surface area contributed by atoms with E-state index < -0.39 is 33.9 Å². The minimum atomic E-state index is -4.51. The number of benzene rings is 1. The highest BCUT2D eigenvalue weighted by atomic mass is 32.2. The van der Waals surface area contributed by atoms with E-state index in [1.54, 1.807) is 18.3 Å². The third-order valence-corrected chi connectivity index (χ3v) is 8.63. The number of methoxy groups -OCH3 is 1. The molecule has 0 radical (unpaired) electrons. The van der Waals surface area contributed by atoms with Gasteiger partial charge in [0.05, 0.1) is 40.7 Å². The molecule has 5 rings (SSSR count). The Balaban J connectivity index is 1.30. The zero-order valence-corrected chi connectivity index (χ0v) is 21.8. The molecule has 4 aromatic rings. The third kappa shape index (κ3) is 5.06. The number of rotatable bonds is 6. The van der Waals surface area contributed by atoms with Crippen molar-refractivity contribution in [3.05, 3.63) is 66.1 Å². The lowest BCUT2D eigenvalue weighted by molar-refractivity contribution is -0.137. The van der Waals surface area contributed by atoms with Crippen molar-refractivity contribution in [3.8, 4) is 22.9 Å². The number of anilines is 1. The molecule has 40 heavy (non-hydrogen) atoms. The Bertz CT molecular complexity index is 1680. The van der Waals surface area contributed by atoms with Gasteiger partial charge in [0, 0.05) is 37.2 Å².